The van der Waals surface area contributed by atoms with E-state index in [9.17, 15) is 0 Å². The van der Waals surface area contributed by atoms with Crippen molar-refractivity contribution in [3.8, 4) is 0 Å². The normalized spacial score (nSPS) is 12.8. The van der Waals surface area contributed by atoms with Crippen LogP contribution in [-0.4, -0.2) is 37.7 Å². The highest BCUT2D eigenvalue weighted by Crippen LogP contribution is 2.15. The lowest BCUT2D eigenvalue weighted by atomic mass is 10.1. The van der Waals surface area contributed by atoms with Crippen LogP contribution in [0.5, 0.6) is 0 Å². The Bertz CT molecular complexity index is 381. The SMILES string of the molecule is CCCNCc1ccccc1CN(CCOC)C(C)CC. The highest BCUT2D eigenvalue weighted by Gasteiger charge is 2.14. The second-order valence-corrected chi connectivity index (χ2v) is 5.67. The van der Waals surface area contributed by atoms with E-state index < -0.39 is 0 Å². The zero-order chi connectivity index (χ0) is 15.5. The molecule has 1 rings (SSSR count). The highest BCUT2D eigenvalue weighted by atomic mass is 16.5. The monoisotopic (exact) mass is 292 g/mol. The Morgan fingerprint density at radius 2 is 1.90 bits per heavy atom. The molecule has 0 aliphatic heterocycles. The van der Waals surface area contributed by atoms with Gasteiger partial charge in [0.15, 0.2) is 0 Å². The minimum Gasteiger partial charge on any atom is -0.383 e. The van der Waals surface area contributed by atoms with Gasteiger partial charge in [0, 0.05) is 32.8 Å². The van der Waals surface area contributed by atoms with Crippen molar-refractivity contribution in [2.24, 2.45) is 0 Å². The number of hydrogen-bond donors (Lipinski definition) is 1. The van der Waals surface area contributed by atoms with Crippen molar-refractivity contribution in [1.29, 1.82) is 0 Å². The van der Waals surface area contributed by atoms with Crippen LogP contribution in [0.1, 0.15) is 44.7 Å². The Morgan fingerprint density at radius 3 is 2.52 bits per heavy atom. The largest absolute Gasteiger partial charge is 0.383 e. The quantitative estimate of drug-likeness (QED) is 0.632. The maximum absolute atomic E-state index is 5.26. The van der Waals surface area contributed by atoms with Gasteiger partial charge < -0.3 is 10.1 Å². The van der Waals surface area contributed by atoms with Gasteiger partial charge in [0.2, 0.25) is 0 Å². The topological polar surface area (TPSA) is 24.5 Å². The van der Waals surface area contributed by atoms with Gasteiger partial charge in [-0.3, -0.25) is 4.90 Å². The van der Waals surface area contributed by atoms with Crippen LogP contribution in [0, 0.1) is 0 Å². The van der Waals surface area contributed by atoms with Crippen LogP contribution in [0.25, 0.3) is 0 Å². The predicted octanol–water partition coefficient (Wildman–Crippen LogP) is 3.43. The predicted molar refractivity (Wildman–Crippen MR) is 90.5 cm³/mol. The zero-order valence-electron chi connectivity index (χ0n) is 14.2. The third-order valence-electron chi connectivity index (χ3n) is 4.03. The minimum absolute atomic E-state index is 0.580. The molecule has 1 aromatic rings. The van der Waals surface area contributed by atoms with E-state index in [4.69, 9.17) is 4.74 Å². The molecule has 0 aliphatic rings. The van der Waals surface area contributed by atoms with Gasteiger partial charge in [0.25, 0.3) is 0 Å². The maximum atomic E-state index is 5.26. The van der Waals surface area contributed by atoms with E-state index in [1.807, 2.05) is 0 Å². The van der Waals surface area contributed by atoms with Crippen molar-refractivity contribution in [3.63, 3.8) is 0 Å². The fourth-order valence-corrected chi connectivity index (χ4v) is 2.42. The van der Waals surface area contributed by atoms with Gasteiger partial charge in [0.1, 0.15) is 0 Å². The maximum Gasteiger partial charge on any atom is 0.0589 e. The van der Waals surface area contributed by atoms with E-state index in [-0.39, 0.29) is 0 Å². The molecule has 1 unspecified atom stereocenters. The molecule has 0 aromatic heterocycles. The summed E-state index contributed by atoms with van der Waals surface area (Å²) in [6.07, 6.45) is 2.34. The van der Waals surface area contributed by atoms with Gasteiger partial charge in [0.05, 0.1) is 6.61 Å². The first kappa shape index (κ1) is 18.1. The molecular formula is C18H32N2O. The molecule has 21 heavy (non-hydrogen) atoms. The average Bonchev–Trinajstić information content (AvgIpc) is 2.52. The van der Waals surface area contributed by atoms with Crippen molar-refractivity contribution in [2.45, 2.75) is 52.7 Å². The number of rotatable bonds is 11. The Hall–Kier alpha value is -0.900. The molecule has 0 amide bonds. The molecule has 1 atom stereocenters. The molecule has 0 fully saturated rings. The fraction of sp³-hybridized carbons (Fsp3) is 0.667. The highest BCUT2D eigenvalue weighted by molar-refractivity contribution is 5.27. The van der Waals surface area contributed by atoms with Crippen LogP contribution in [0.15, 0.2) is 24.3 Å². The molecule has 0 spiro atoms. The molecule has 0 bridgehead atoms. The molecule has 3 heteroatoms. The van der Waals surface area contributed by atoms with Crippen LogP contribution in [-0.2, 0) is 17.8 Å². The minimum atomic E-state index is 0.580. The average molecular weight is 292 g/mol. The molecule has 0 aliphatic carbocycles. The van der Waals surface area contributed by atoms with E-state index in [0.29, 0.717) is 6.04 Å². The Kier molecular flexibility index (Phi) is 9.31. The fourth-order valence-electron chi connectivity index (χ4n) is 2.42. The summed E-state index contributed by atoms with van der Waals surface area (Å²) in [4.78, 5) is 2.52. The Morgan fingerprint density at radius 1 is 1.19 bits per heavy atom. The van der Waals surface area contributed by atoms with E-state index in [1.54, 1.807) is 7.11 Å². The van der Waals surface area contributed by atoms with E-state index in [0.717, 1.165) is 32.8 Å². The van der Waals surface area contributed by atoms with Crippen molar-refractivity contribution >= 4 is 0 Å². The molecule has 1 N–H and O–H groups in total. The van der Waals surface area contributed by atoms with Crippen LogP contribution < -0.4 is 5.32 Å². The van der Waals surface area contributed by atoms with Gasteiger partial charge in [-0.15, -0.1) is 0 Å². The standard InChI is InChI=1S/C18H32N2O/c1-5-11-19-14-17-9-7-8-10-18(17)15-20(12-13-21-4)16(3)6-2/h7-10,16,19H,5-6,11-15H2,1-4H3. The number of nitrogens with zero attached hydrogens (tertiary/aromatic N) is 1. The van der Waals surface area contributed by atoms with E-state index in [1.165, 1.54) is 24.0 Å². The third-order valence-corrected chi connectivity index (χ3v) is 4.03. The first-order valence-corrected chi connectivity index (χ1v) is 8.23. The molecule has 0 saturated heterocycles. The first-order valence-electron chi connectivity index (χ1n) is 8.23. The van der Waals surface area contributed by atoms with Gasteiger partial charge in [-0.1, -0.05) is 38.1 Å². The lowest BCUT2D eigenvalue weighted by Crippen LogP contribution is -2.35. The second-order valence-electron chi connectivity index (χ2n) is 5.67. The second kappa shape index (κ2) is 10.8. The molecule has 1 aromatic carbocycles. The molecular weight excluding hydrogens is 260 g/mol. The van der Waals surface area contributed by atoms with E-state index >= 15 is 0 Å². The number of benzene rings is 1. The first-order chi connectivity index (χ1) is 10.2. The van der Waals surface area contributed by atoms with Gasteiger partial charge >= 0.3 is 0 Å². The van der Waals surface area contributed by atoms with Crippen molar-refractivity contribution in [2.75, 3.05) is 26.8 Å². The summed E-state index contributed by atoms with van der Waals surface area (Å²) in [6, 6.07) is 9.35. The van der Waals surface area contributed by atoms with Gasteiger partial charge in [-0.25, -0.2) is 0 Å². The summed E-state index contributed by atoms with van der Waals surface area (Å²) in [6.45, 7) is 11.6. The van der Waals surface area contributed by atoms with E-state index in [2.05, 4.69) is 55.3 Å². The van der Waals surface area contributed by atoms with Crippen molar-refractivity contribution in [3.05, 3.63) is 35.4 Å². The van der Waals surface area contributed by atoms with Gasteiger partial charge in [-0.05, 0) is 37.4 Å². The zero-order valence-corrected chi connectivity index (χ0v) is 14.2. The molecule has 0 heterocycles. The molecule has 3 nitrogen and oxygen atoms in total. The van der Waals surface area contributed by atoms with Crippen molar-refractivity contribution in [1.82, 2.24) is 10.2 Å². The van der Waals surface area contributed by atoms with Crippen LogP contribution in [0.2, 0.25) is 0 Å². The third kappa shape index (κ3) is 6.60. The van der Waals surface area contributed by atoms with Gasteiger partial charge in [-0.2, -0.15) is 0 Å². The molecule has 120 valence electrons. The summed E-state index contributed by atoms with van der Waals surface area (Å²) < 4.78 is 5.26. The number of hydrogen-bond acceptors (Lipinski definition) is 3. The summed E-state index contributed by atoms with van der Waals surface area (Å²) >= 11 is 0. The number of methoxy groups -OCH3 is 1. The summed E-state index contributed by atoms with van der Waals surface area (Å²) in [5, 5.41) is 3.51. The van der Waals surface area contributed by atoms with Crippen molar-refractivity contribution < 1.29 is 4.74 Å². The molecule has 0 saturated carbocycles. The lowest BCUT2D eigenvalue weighted by Gasteiger charge is -2.29. The lowest BCUT2D eigenvalue weighted by molar-refractivity contribution is 0.118. The smallest absolute Gasteiger partial charge is 0.0589 e. The summed E-state index contributed by atoms with van der Waals surface area (Å²) in [5.41, 5.74) is 2.84. The number of nitrogens with one attached hydrogen (secondary N) is 1. The Balaban J connectivity index is 2.72. The summed E-state index contributed by atoms with van der Waals surface area (Å²) in [5.74, 6) is 0. The summed E-state index contributed by atoms with van der Waals surface area (Å²) in [7, 11) is 1.78. The Labute approximate surface area is 130 Å². The van der Waals surface area contributed by atoms with Crippen LogP contribution >= 0.6 is 0 Å². The van der Waals surface area contributed by atoms with Crippen LogP contribution in [0.4, 0.5) is 0 Å². The molecule has 0 radical (unpaired) electrons. The number of ether oxygens (including phenoxy) is 1. The van der Waals surface area contributed by atoms with Crippen LogP contribution in [0.3, 0.4) is 0 Å².